The zero-order chi connectivity index (χ0) is 16.4. The Balaban J connectivity index is 4.70. The van der Waals surface area contributed by atoms with Crippen LogP contribution >= 0.6 is 0 Å². The second-order valence-electron chi connectivity index (χ2n) is 5.54. The fourth-order valence-electron chi connectivity index (χ4n) is 1.92. The van der Waals surface area contributed by atoms with Gasteiger partial charge in [0.1, 0.15) is 12.1 Å². The largest absolute Gasteiger partial charge is 0.368 e. The monoisotopic (exact) mass is 300 g/mol. The normalized spacial score (nSPS) is 13.6. The molecule has 0 spiro atoms. The highest BCUT2D eigenvalue weighted by atomic mass is 16.2. The van der Waals surface area contributed by atoms with Gasteiger partial charge in [0, 0.05) is 6.42 Å². The first-order chi connectivity index (χ1) is 9.81. The molecule has 3 amide bonds. The summed E-state index contributed by atoms with van der Waals surface area (Å²) in [7, 11) is 0. The minimum Gasteiger partial charge on any atom is -0.368 e. The number of rotatable bonds is 10. The highest BCUT2D eigenvalue weighted by molar-refractivity contribution is 5.91. The number of primary amides is 1. The van der Waals surface area contributed by atoms with Gasteiger partial charge < -0.3 is 22.1 Å². The van der Waals surface area contributed by atoms with Gasteiger partial charge in [-0.15, -0.1) is 0 Å². The maximum atomic E-state index is 12.2. The predicted octanol–water partition coefficient (Wildman–Crippen LogP) is -0.364. The molecule has 0 aliphatic carbocycles. The first-order valence-corrected chi connectivity index (χ1v) is 7.40. The van der Waals surface area contributed by atoms with Crippen LogP contribution in [0.5, 0.6) is 0 Å². The maximum Gasteiger partial charge on any atom is 0.243 e. The van der Waals surface area contributed by atoms with E-state index in [1.165, 1.54) is 0 Å². The first-order valence-electron chi connectivity index (χ1n) is 7.40. The molecule has 7 nitrogen and oxygen atoms in total. The molecule has 0 saturated carbocycles. The molecule has 0 bridgehead atoms. The quantitative estimate of drug-likeness (QED) is 0.439. The van der Waals surface area contributed by atoms with Gasteiger partial charge >= 0.3 is 0 Å². The van der Waals surface area contributed by atoms with Crippen molar-refractivity contribution in [2.75, 3.05) is 6.54 Å². The highest BCUT2D eigenvalue weighted by Gasteiger charge is 2.25. The van der Waals surface area contributed by atoms with Gasteiger partial charge in [-0.3, -0.25) is 14.4 Å². The summed E-state index contributed by atoms with van der Waals surface area (Å²) in [5.41, 5.74) is 10.8. The number of nitrogens with two attached hydrogens (primary N) is 2. The number of nitrogens with one attached hydrogen (secondary N) is 2. The van der Waals surface area contributed by atoms with E-state index in [0.29, 0.717) is 25.7 Å². The molecule has 122 valence electrons. The standard InChI is InChI=1S/C14H28N4O3/c1-4-5-12(19)17-10(6-7-15)14(21)18-11(13(16)20)8-9(2)3/h9-11H,4-8,15H2,1-3H3,(H2,16,20)(H,17,19)(H,18,21). The van der Waals surface area contributed by atoms with Crippen LogP contribution in [0.3, 0.4) is 0 Å². The molecule has 0 saturated heterocycles. The molecule has 0 rings (SSSR count). The molecule has 0 fully saturated rings. The van der Waals surface area contributed by atoms with E-state index in [1.807, 2.05) is 20.8 Å². The molecule has 0 heterocycles. The fraction of sp³-hybridized carbons (Fsp3) is 0.786. The summed E-state index contributed by atoms with van der Waals surface area (Å²) < 4.78 is 0. The van der Waals surface area contributed by atoms with Crippen LogP contribution in [0.15, 0.2) is 0 Å². The van der Waals surface area contributed by atoms with E-state index in [0.717, 1.165) is 0 Å². The lowest BCUT2D eigenvalue weighted by molar-refractivity contribution is -0.131. The number of hydrogen-bond donors (Lipinski definition) is 4. The van der Waals surface area contributed by atoms with Gasteiger partial charge in [-0.05, 0) is 31.7 Å². The Hall–Kier alpha value is -1.63. The van der Waals surface area contributed by atoms with Crippen LogP contribution < -0.4 is 22.1 Å². The van der Waals surface area contributed by atoms with Gasteiger partial charge in [-0.2, -0.15) is 0 Å². The van der Waals surface area contributed by atoms with Crippen molar-refractivity contribution in [3.63, 3.8) is 0 Å². The average Bonchev–Trinajstić information content (AvgIpc) is 2.36. The molecule has 6 N–H and O–H groups in total. The van der Waals surface area contributed by atoms with E-state index in [-0.39, 0.29) is 18.4 Å². The van der Waals surface area contributed by atoms with Crippen LogP contribution in [0.25, 0.3) is 0 Å². The SMILES string of the molecule is CCCC(=O)NC(CCN)C(=O)NC(CC(C)C)C(N)=O. The van der Waals surface area contributed by atoms with Crippen LogP contribution in [-0.2, 0) is 14.4 Å². The van der Waals surface area contributed by atoms with Crippen molar-refractivity contribution in [3.8, 4) is 0 Å². The van der Waals surface area contributed by atoms with E-state index in [4.69, 9.17) is 11.5 Å². The topological polar surface area (TPSA) is 127 Å². The minimum atomic E-state index is -0.735. The lowest BCUT2D eigenvalue weighted by Gasteiger charge is -2.22. The van der Waals surface area contributed by atoms with Crippen molar-refractivity contribution in [2.24, 2.45) is 17.4 Å². The molecule has 0 radical (unpaired) electrons. The highest BCUT2D eigenvalue weighted by Crippen LogP contribution is 2.05. The summed E-state index contributed by atoms with van der Waals surface area (Å²) >= 11 is 0. The van der Waals surface area contributed by atoms with Crippen molar-refractivity contribution in [1.29, 1.82) is 0 Å². The maximum absolute atomic E-state index is 12.2. The second-order valence-corrected chi connectivity index (χ2v) is 5.54. The lowest BCUT2D eigenvalue weighted by Crippen LogP contribution is -2.53. The van der Waals surface area contributed by atoms with Crippen molar-refractivity contribution < 1.29 is 14.4 Å². The Morgan fingerprint density at radius 3 is 2.14 bits per heavy atom. The van der Waals surface area contributed by atoms with E-state index < -0.39 is 23.9 Å². The Morgan fingerprint density at radius 1 is 1.10 bits per heavy atom. The van der Waals surface area contributed by atoms with Crippen molar-refractivity contribution in [1.82, 2.24) is 10.6 Å². The van der Waals surface area contributed by atoms with Crippen LogP contribution in [0.4, 0.5) is 0 Å². The fourth-order valence-corrected chi connectivity index (χ4v) is 1.92. The number of amides is 3. The van der Waals surface area contributed by atoms with Gasteiger partial charge in [0.25, 0.3) is 0 Å². The minimum absolute atomic E-state index is 0.203. The molecule has 0 aromatic carbocycles. The Labute approximate surface area is 126 Å². The van der Waals surface area contributed by atoms with Crippen molar-refractivity contribution >= 4 is 17.7 Å². The van der Waals surface area contributed by atoms with E-state index in [2.05, 4.69) is 10.6 Å². The summed E-state index contributed by atoms with van der Waals surface area (Å²) in [4.78, 5) is 35.2. The zero-order valence-corrected chi connectivity index (χ0v) is 13.1. The van der Waals surface area contributed by atoms with Gasteiger partial charge in [0.05, 0.1) is 0 Å². The van der Waals surface area contributed by atoms with Crippen molar-refractivity contribution in [3.05, 3.63) is 0 Å². The average molecular weight is 300 g/mol. The molecule has 2 unspecified atom stereocenters. The van der Waals surface area contributed by atoms with Gasteiger partial charge in [-0.1, -0.05) is 20.8 Å². The molecule has 7 heteroatoms. The molecule has 0 aliphatic heterocycles. The number of carbonyl (C=O) groups is 3. The smallest absolute Gasteiger partial charge is 0.243 e. The molecular weight excluding hydrogens is 272 g/mol. The molecule has 0 aliphatic rings. The second kappa shape index (κ2) is 10.1. The zero-order valence-electron chi connectivity index (χ0n) is 13.1. The molecule has 0 aromatic heterocycles. The van der Waals surface area contributed by atoms with Crippen LogP contribution in [-0.4, -0.2) is 36.3 Å². The van der Waals surface area contributed by atoms with Gasteiger partial charge in [0.2, 0.25) is 17.7 Å². The summed E-state index contributed by atoms with van der Waals surface area (Å²) in [6, 6.07) is -1.47. The third-order valence-electron chi connectivity index (χ3n) is 2.95. The van der Waals surface area contributed by atoms with E-state index in [9.17, 15) is 14.4 Å². The number of carbonyl (C=O) groups excluding carboxylic acids is 3. The summed E-state index contributed by atoms with van der Waals surface area (Å²) in [5, 5.41) is 5.23. The Morgan fingerprint density at radius 2 is 1.71 bits per heavy atom. The van der Waals surface area contributed by atoms with Crippen LogP contribution in [0.2, 0.25) is 0 Å². The van der Waals surface area contributed by atoms with Crippen LogP contribution in [0.1, 0.15) is 46.5 Å². The molecule has 0 aromatic rings. The van der Waals surface area contributed by atoms with Crippen molar-refractivity contribution in [2.45, 2.75) is 58.5 Å². The summed E-state index contributed by atoms with van der Waals surface area (Å²) in [6.07, 6.45) is 1.81. The Kier molecular flexibility index (Phi) is 9.36. The summed E-state index contributed by atoms with van der Waals surface area (Å²) in [5.74, 6) is -0.992. The van der Waals surface area contributed by atoms with Gasteiger partial charge in [0.15, 0.2) is 0 Å². The molecule has 2 atom stereocenters. The Bertz CT molecular complexity index is 358. The molecular formula is C14H28N4O3. The van der Waals surface area contributed by atoms with E-state index in [1.54, 1.807) is 0 Å². The summed E-state index contributed by atoms with van der Waals surface area (Å²) in [6.45, 7) is 6.00. The molecule has 21 heavy (non-hydrogen) atoms. The van der Waals surface area contributed by atoms with Crippen LogP contribution in [0, 0.1) is 5.92 Å². The first kappa shape index (κ1) is 19.4. The van der Waals surface area contributed by atoms with Gasteiger partial charge in [-0.25, -0.2) is 0 Å². The predicted molar refractivity (Wildman–Crippen MR) is 81.1 cm³/mol. The van der Waals surface area contributed by atoms with E-state index >= 15 is 0 Å². The lowest BCUT2D eigenvalue weighted by atomic mass is 10.0. The third-order valence-corrected chi connectivity index (χ3v) is 2.95. The number of hydrogen-bond acceptors (Lipinski definition) is 4. The third kappa shape index (κ3) is 8.29.